The minimum absolute atomic E-state index is 0.731. The Morgan fingerprint density at radius 3 is 2.67 bits per heavy atom. The van der Waals surface area contributed by atoms with Crippen LogP contribution < -0.4 is 5.43 Å². The Morgan fingerprint density at radius 2 is 2.08 bits per heavy atom. The lowest BCUT2D eigenvalue weighted by molar-refractivity contribution is 0.900. The molecular weight excluding hydrogens is 172 g/mol. The molecule has 0 unspecified atom stereocenters. The lowest BCUT2D eigenvalue weighted by atomic mass is 10.1. The number of rotatable bonds is 2. The molecule has 0 aliphatic heterocycles. The third-order valence-corrected chi connectivity index (χ3v) is 1.87. The molecule has 1 aromatic carbocycles. The van der Waals surface area contributed by atoms with Crippen molar-refractivity contribution in [2.45, 2.75) is 6.92 Å². The average molecular weight is 183 g/mol. The summed E-state index contributed by atoms with van der Waals surface area (Å²) in [7, 11) is 1.76. The summed E-state index contributed by atoms with van der Waals surface area (Å²) >= 11 is 5.95. The van der Waals surface area contributed by atoms with Gasteiger partial charge in [0, 0.05) is 17.6 Å². The highest BCUT2D eigenvalue weighted by Crippen LogP contribution is 2.15. The second-order valence-corrected chi connectivity index (χ2v) is 2.81. The lowest BCUT2D eigenvalue weighted by Crippen LogP contribution is -2.03. The van der Waals surface area contributed by atoms with Crippen LogP contribution >= 0.6 is 11.6 Å². The van der Waals surface area contributed by atoms with Crippen LogP contribution in [0.4, 0.5) is 0 Å². The maximum absolute atomic E-state index is 5.95. The minimum Gasteiger partial charge on any atom is -0.313 e. The van der Waals surface area contributed by atoms with Crippen molar-refractivity contribution in [1.29, 1.82) is 0 Å². The first-order valence-corrected chi connectivity index (χ1v) is 4.09. The summed E-state index contributed by atoms with van der Waals surface area (Å²) in [4.78, 5) is 0. The van der Waals surface area contributed by atoms with Gasteiger partial charge in [-0.2, -0.15) is 5.10 Å². The van der Waals surface area contributed by atoms with Gasteiger partial charge in [-0.3, -0.25) is 0 Å². The molecule has 0 atom stereocenters. The predicted octanol–water partition coefficient (Wildman–Crippen LogP) is 2.28. The molecule has 1 rings (SSSR count). The van der Waals surface area contributed by atoms with Crippen LogP contribution in [-0.2, 0) is 0 Å². The molecule has 0 amide bonds. The molecule has 3 heteroatoms. The summed E-state index contributed by atoms with van der Waals surface area (Å²) < 4.78 is 0. The highest BCUT2D eigenvalue weighted by molar-refractivity contribution is 6.34. The number of hydrazone groups is 1. The van der Waals surface area contributed by atoms with Crippen LogP contribution in [0, 0.1) is 0 Å². The SMILES string of the molecule is CNN=C(C)c1ccccc1Cl. The molecule has 2 nitrogen and oxygen atoms in total. The molecule has 0 aromatic heterocycles. The number of nitrogens with zero attached hydrogens (tertiary/aromatic N) is 1. The Kier molecular flexibility index (Phi) is 3.11. The summed E-state index contributed by atoms with van der Waals surface area (Å²) in [6.45, 7) is 1.91. The molecule has 1 N–H and O–H groups in total. The van der Waals surface area contributed by atoms with Gasteiger partial charge in [-0.15, -0.1) is 0 Å². The fourth-order valence-corrected chi connectivity index (χ4v) is 1.26. The molecular formula is C9H11ClN2. The second kappa shape index (κ2) is 4.12. The standard InChI is InChI=1S/C9H11ClN2/c1-7(12-11-2)8-5-3-4-6-9(8)10/h3-6,11H,1-2H3. The van der Waals surface area contributed by atoms with Crippen LogP contribution in [0.5, 0.6) is 0 Å². The lowest BCUT2D eigenvalue weighted by Gasteiger charge is -2.01. The average Bonchev–Trinajstić information content (AvgIpc) is 2.05. The van der Waals surface area contributed by atoms with Gasteiger partial charge in [0.1, 0.15) is 0 Å². The molecule has 0 saturated heterocycles. The van der Waals surface area contributed by atoms with Gasteiger partial charge in [-0.05, 0) is 13.0 Å². The van der Waals surface area contributed by atoms with Crippen LogP contribution in [0.25, 0.3) is 0 Å². The van der Waals surface area contributed by atoms with Crippen molar-refractivity contribution < 1.29 is 0 Å². The number of benzene rings is 1. The third-order valence-electron chi connectivity index (χ3n) is 1.54. The van der Waals surface area contributed by atoms with Crippen molar-refractivity contribution in [3.8, 4) is 0 Å². The zero-order valence-electron chi connectivity index (χ0n) is 7.13. The van der Waals surface area contributed by atoms with Crippen LogP contribution in [-0.4, -0.2) is 12.8 Å². The second-order valence-electron chi connectivity index (χ2n) is 2.40. The van der Waals surface area contributed by atoms with Crippen molar-refractivity contribution >= 4 is 17.3 Å². The van der Waals surface area contributed by atoms with Gasteiger partial charge >= 0.3 is 0 Å². The topological polar surface area (TPSA) is 24.4 Å². The van der Waals surface area contributed by atoms with Crippen molar-refractivity contribution in [2.75, 3.05) is 7.05 Å². The van der Waals surface area contributed by atoms with Gasteiger partial charge in [0.2, 0.25) is 0 Å². The van der Waals surface area contributed by atoms with Crippen LogP contribution in [0.15, 0.2) is 29.4 Å². The number of halogens is 1. The fraction of sp³-hybridized carbons (Fsp3) is 0.222. The number of hydrogen-bond acceptors (Lipinski definition) is 2. The van der Waals surface area contributed by atoms with Gasteiger partial charge in [0.05, 0.1) is 5.71 Å². The van der Waals surface area contributed by atoms with Gasteiger partial charge in [-0.1, -0.05) is 29.8 Å². The Labute approximate surface area is 77.2 Å². The number of nitrogens with one attached hydrogen (secondary N) is 1. The molecule has 0 saturated carbocycles. The maximum atomic E-state index is 5.95. The molecule has 0 aliphatic rings. The summed E-state index contributed by atoms with van der Waals surface area (Å²) in [6, 6.07) is 7.64. The van der Waals surface area contributed by atoms with Gasteiger partial charge in [-0.25, -0.2) is 0 Å². The first kappa shape index (κ1) is 9.07. The van der Waals surface area contributed by atoms with E-state index in [1.54, 1.807) is 7.05 Å². The van der Waals surface area contributed by atoms with Gasteiger partial charge < -0.3 is 5.43 Å². The summed E-state index contributed by atoms with van der Waals surface area (Å²) in [5.41, 5.74) is 4.58. The van der Waals surface area contributed by atoms with E-state index in [4.69, 9.17) is 11.6 Å². The summed E-state index contributed by atoms with van der Waals surface area (Å²) in [5.74, 6) is 0. The zero-order chi connectivity index (χ0) is 8.97. The minimum atomic E-state index is 0.731. The first-order valence-electron chi connectivity index (χ1n) is 3.71. The summed E-state index contributed by atoms with van der Waals surface area (Å²) in [6.07, 6.45) is 0. The van der Waals surface area contributed by atoms with Crippen molar-refractivity contribution in [1.82, 2.24) is 5.43 Å². The monoisotopic (exact) mass is 182 g/mol. The maximum Gasteiger partial charge on any atom is 0.0659 e. The highest BCUT2D eigenvalue weighted by atomic mass is 35.5. The van der Waals surface area contributed by atoms with E-state index in [0.29, 0.717) is 0 Å². The fourth-order valence-electron chi connectivity index (χ4n) is 0.983. The smallest absolute Gasteiger partial charge is 0.0659 e. The Morgan fingerprint density at radius 1 is 1.42 bits per heavy atom. The largest absolute Gasteiger partial charge is 0.313 e. The van der Waals surface area contributed by atoms with E-state index >= 15 is 0 Å². The van der Waals surface area contributed by atoms with Crippen molar-refractivity contribution in [3.05, 3.63) is 34.9 Å². The van der Waals surface area contributed by atoms with E-state index in [-0.39, 0.29) is 0 Å². The van der Waals surface area contributed by atoms with Crippen molar-refractivity contribution in [2.24, 2.45) is 5.10 Å². The molecule has 64 valence electrons. The van der Waals surface area contributed by atoms with Crippen LogP contribution in [0.2, 0.25) is 5.02 Å². The van der Waals surface area contributed by atoms with Gasteiger partial charge in [0.25, 0.3) is 0 Å². The molecule has 0 bridgehead atoms. The van der Waals surface area contributed by atoms with Crippen LogP contribution in [0.1, 0.15) is 12.5 Å². The molecule has 0 fully saturated rings. The molecule has 0 heterocycles. The Balaban J connectivity index is 3.02. The first-order chi connectivity index (χ1) is 5.75. The molecule has 12 heavy (non-hydrogen) atoms. The number of hydrogen-bond donors (Lipinski definition) is 1. The molecule has 0 aliphatic carbocycles. The highest BCUT2D eigenvalue weighted by Gasteiger charge is 2.00. The van der Waals surface area contributed by atoms with Crippen molar-refractivity contribution in [3.63, 3.8) is 0 Å². The predicted molar refractivity (Wildman–Crippen MR) is 52.7 cm³/mol. The Hall–Kier alpha value is -1.02. The molecule has 0 spiro atoms. The van der Waals surface area contributed by atoms with Crippen LogP contribution in [0.3, 0.4) is 0 Å². The quantitative estimate of drug-likeness (QED) is 0.551. The zero-order valence-corrected chi connectivity index (χ0v) is 7.89. The van der Waals surface area contributed by atoms with E-state index in [9.17, 15) is 0 Å². The van der Waals surface area contributed by atoms with E-state index in [1.807, 2.05) is 31.2 Å². The van der Waals surface area contributed by atoms with E-state index in [2.05, 4.69) is 10.5 Å². The van der Waals surface area contributed by atoms with E-state index < -0.39 is 0 Å². The molecule has 0 radical (unpaired) electrons. The van der Waals surface area contributed by atoms with E-state index in [0.717, 1.165) is 16.3 Å². The van der Waals surface area contributed by atoms with Gasteiger partial charge in [0.15, 0.2) is 0 Å². The third kappa shape index (κ3) is 1.98. The normalized spacial score (nSPS) is 11.4. The Bertz CT molecular complexity index is 294. The molecule has 1 aromatic rings. The van der Waals surface area contributed by atoms with E-state index in [1.165, 1.54) is 0 Å². The summed E-state index contributed by atoms with van der Waals surface area (Å²) in [5, 5.41) is 4.77.